The summed E-state index contributed by atoms with van der Waals surface area (Å²) in [5.41, 5.74) is 3.63. The van der Waals surface area contributed by atoms with Crippen molar-refractivity contribution in [2.45, 2.75) is 32.1 Å². The Morgan fingerprint density at radius 3 is 2.71 bits per heavy atom. The number of rotatable bonds is 4. The number of thiophene rings is 1. The van der Waals surface area contributed by atoms with Gasteiger partial charge >= 0.3 is 0 Å². The Balaban J connectivity index is 1.64. The number of benzene rings is 1. The van der Waals surface area contributed by atoms with Crippen molar-refractivity contribution in [1.82, 2.24) is 4.57 Å². The monoisotopic (exact) mass is 390 g/mol. The normalized spacial score (nSPS) is 13.8. The van der Waals surface area contributed by atoms with E-state index in [0.717, 1.165) is 35.6 Å². The first-order valence-electron chi connectivity index (χ1n) is 9.18. The van der Waals surface area contributed by atoms with Crippen molar-refractivity contribution >= 4 is 28.2 Å². The van der Waals surface area contributed by atoms with Crippen LogP contribution in [0.25, 0.3) is 5.69 Å². The highest BCUT2D eigenvalue weighted by Crippen LogP contribution is 2.38. The summed E-state index contributed by atoms with van der Waals surface area (Å²) in [4.78, 5) is 16.4. The van der Waals surface area contributed by atoms with E-state index in [1.54, 1.807) is 29.7 Å². The average Bonchev–Trinajstić information content (AvgIpc) is 3.23. The van der Waals surface area contributed by atoms with Crippen molar-refractivity contribution < 1.29 is 4.92 Å². The van der Waals surface area contributed by atoms with Gasteiger partial charge in [0, 0.05) is 28.9 Å². The molecule has 0 fully saturated rings. The third kappa shape index (κ3) is 3.47. The standard InChI is InChI=1S/C21H18N4O2S/c22-13-19-18-6-2-1-3-7-20(18)28-21(19)23-14-17-5-4-12-24(17)15-8-10-16(11-9-15)25(26)27/h4-5,8-12,14H,1-3,6-7H2. The van der Waals surface area contributed by atoms with Gasteiger partial charge in [-0.25, -0.2) is 4.99 Å². The number of aliphatic imine (C=N–C) groups is 1. The van der Waals surface area contributed by atoms with Crippen LogP contribution in [0.15, 0.2) is 47.6 Å². The summed E-state index contributed by atoms with van der Waals surface area (Å²) in [6.07, 6.45) is 9.15. The van der Waals surface area contributed by atoms with Crippen molar-refractivity contribution in [1.29, 1.82) is 5.26 Å². The van der Waals surface area contributed by atoms with Crippen LogP contribution in [0.3, 0.4) is 0 Å². The molecular weight excluding hydrogens is 372 g/mol. The zero-order valence-electron chi connectivity index (χ0n) is 15.2. The van der Waals surface area contributed by atoms with Gasteiger partial charge in [0.15, 0.2) is 0 Å². The summed E-state index contributed by atoms with van der Waals surface area (Å²) < 4.78 is 1.91. The van der Waals surface area contributed by atoms with E-state index in [1.807, 2.05) is 22.9 Å². The van der Waals surface area contributed by atoms with Crippen molar-refractivity contribution in [3.8, 4) is 11.8 Å². The van der Waals surface area contributed by atoms with E-state index in [-0.39, 0.29) is 5.69 Å². The molecule has 140 valence electrons. The first-order chi connectivity index (χ1) is 13.7. The average molecular weight is 390 g/mol. The van der Waals surface area contributed by atoms with Crippen LogP contribution in [0, 0.1) is 21.4 Å². The molecule has 2 heterocycles. The summed E-state index contributed by atoms with van der Waals surface area (Å²) in [7, 11) is 0. The molecule has 1 aromatic carbocycles. The van der Waals surface area contributed by atoms with Gasteiger partial charge in [0.25, 0.3) is 5.69 Å². The summed E-state index contributed by atoms with van der Waals surface area (Å²) in [5, 5.41) is 21.3. The molecule has 0 bridgehead atoms. The zero-order valence-corrected chi connectivity index (χ0v) is 16.0. The van der Waals surface area contributed by atoms with Crippen LogP contribution in [-0.2, 0) is 12.8 Å². The van der Waals surface area contributed by atoms with Gasteiger partial charge in [0.2, 0.25) is 0 Å². The second kappa shape index (κ2) is 7.79. The van der Waals surface area contributed by atoms with E-state index in [2.05, 4.69) is 11.1 Å². The maximum absolute atomic E-state index is 10.8. The Kier molecular flexibility index (Phi) is 5.04. The minimum atomic E-state index is -0.411. The van der Waals surface area contributed by atoms with Gasteiger partial charge in [0.05, 0.1) is 22.4 Å². The van der Waals surface area contributed by atoms with Crippen LogP contribution in [0.4, 0.5) is 10.7 Å². The van der Waals surface area contributed by atoms with Crippen LogP contribution in [0.1, 0.15) is 41.0 Å². The van der Waals surface area contributed by atoms with E-state index < -0.39 is 4.92 Å². The zero-order chi connectivity index (χ0) is 19.5. The van der Waals surface area contributed by atoms with Crippen LogP contribution >= 0.6 is 11.3 Å². The van der Waals surface area contributed by atoms with Gasteiger partial charge in [-0.15, -0.1) is 11.3 Å². The quantitative estimate of drug-likeness (QED) is 0.261. The number of aromatic nitrogens is 1. The SMILES string of the molecule is N#Cc1c(N=Cc2cccn2-c2ccc([N+](=O)[O-])cc2)sc2c1CCCCC2. The van der Waals surface area contributed by atoms with Gasteiger partial charge in [0.1, 0.15) is 11.1 Å². The summed E-state index contributed by atoms with van der Waals surface area (Å²) in [6, 6.07) is 12.6. The molecule has 3 aromatic rings. The molecule has 0 aliphatic heterocycles. The van der Waals surface area contributed by atoms with E-state index in [4.69, 9.17) is 0 Å². The Hall–Kier alpha value is -3.24. The van der Waals surface area contributed by atoms with Crippen LogP contribution in [-0.4, -0.2) is 15.7 Å². The highest BCUT2D eigenvalue weighted by Gasteiger charge is 2.19. The molecular formula is C21H18N4O2S. The number of aryl methyl sites for hydroxylation is 1. The maximum atomic E-state index is 10.8. The van der Waals surface area contributed by atoms with Crippen molar-refractivity contribution in [3.05, 3.63) is 74.4 Å². The third-order valence-corrected chi connectivity index (χ3v) is 6.15. The van der Waals surface area contributed by atoms with Gasteiger partial charge in [-0.1, -0.05) is 6.42 Å². The van der Waals surface area contributed by atoms with E-state index in [1.165, 1.54) is 35.4 Å². The van der Waals surface area contributed by atoms with Gasteiger partial charge < -0.3 is 4.57 Å². The van der Waals surface area contributed by atoms with Crippen LogP contribution < -0.4 is 0 Å². The molecule has 2 aromatic heterocycles. The topological polar surface area (TPSA) is 84.2 Å². The molecule has 0 unspecified atom stereocenters. The van der Waals surface area contributed by atoms with Gasteiger partial charge in [-0.2, -0.15) is 5.26 Å². The molecule has 4 rings (SSSR count). The largest absolute Gasteiger partial charge is 0.316 e. The number of nitro benzene ring substituents is 1. The molecule has 28 heavy (non-hydrogen) atoms. The lowest BCUT2D eigenvalue weighted by molar-refractivity contribution is -0.384. The molecule has 0 saturated carbocycles. The lowest BCUT2D eigenvalue weighted by Gasteiger charge is -2.05. The van der Waals surface area contributed by atoms with E-state index in [9.17, 15) is 15.4 Å². The fourth-order valence-electron chi connectivity index (χ4n) is 3.53. The first kappa shape index (κ1) is 18.1. The molecule has 0 atom stereocenters. The maximum Gasteiger partial charge on any atom is 0.269 e. The van der Waals surface area contributed by atoms with Crippen LogP contribution in [0.5, 0.6) is 0 Å². The van der Waals surface area contributed by atoms with E-state index in [0.29, 0.717) is 5.56 Å². The molecule has 0 amide bonds. The number of hydrogen-bond donors (Lipinski definition) is 0. The molecule has 0 saturated heterocycles. The minimum absolute atomic E-state index is 0.0601. The summed E-state index contributed by atoms with van der Waals surface area (Å²) in [6.45, 7) is 0. The van der Waals surface area contributed by atoms with Crippen molar-refractivity contribution in [3.63, 3.8) is 0 Å². The predicted octanol–water partition coefficient (Wildman–Crippen LogP) is 5.34. The number of hydrogen-bond acceptors (Lipinski definition) is 5. The fourth-order valence-corrected chi connectivity index (χ4v) is 4.71. The first-order valence-corrected chi connectivity index (χ1v) is 10.00. The predicted molar refractivity (Wildman–Crippen MR) is 110 cm³/mol. The molecule has 0 spiro atoms. The van der Waals surface area contributed by atoms with E-state index >= 15 is 0 Å². The Morgan fingerprint density at radius 1 is 1.18 bits per heavy atom. The smallest absolute Gasteiger partial charge is 0.269 e. The van der Waals surface area contributed by atoms with Gasteiger partial charge in [-0.05, 0) is 55.5 Å². The molecule has 6 nitrogen and oxygen atoms in total. The lowest BCUT2D eigenvalue weighted by atomic mass is 10.1. The second-order valence-electron chi connectivity index (χ2n) is 6.69. The van der Waals surface area contributed by atoms with Gasteiger partial charge in [-0.3, -0.25) is 10.1 Å². The highest BCUT2D eigenvalue weighted by atomic mass is 32.1. The number of nitro groups is 1. The Bertz CT molecular complexity index is 1090. The Labute approximate surface area is 166 Å². The number of non-ortho nitro benzene ring substituents is 1. The van der Waals surface area contributed by atoms with Crippen molar-refractivity contribution in [2.24, 2.45) is 4.99 Å². The fraction of sp³-hybridized carbons (Fsp3) is 0.238. The van der Waals surface area contributed by atoms with Crippen LogP contribution in [0.2, 0.25) is 0 Å². The summed E-state index contributed by atoms with van der Waals surface area (Å²) >= 11 is 1.62. The Morgan fingerprint density at radius 2 is 1.96 bits per heavy atom. The number of fused-ring (bicyclic) bond motifs is 1. The minimum Gasteiger partial charge on any atom is -0.316 e. The number of nitrogens with zero attached hydrogens (tertiary/aromatic N) is 4. The molecule has 0 N–H and O–H groups in total. The van der Waals surface area contributed by atoms with Crippen molar-refractivity contribution in [2.75, 3.05) is 0 Å². The lowest BCUT2D eigenvalue weighted by Crippen LogP contribution is -1.98. The summed E-state index contributed by atoms with van der Waals surface area (Å²) in [5.74, 6) is 0. The molecule has 0 radical (unpaired) electrons. The number of nitriles is 1. The second-order valence-corrected chi connectivity index (χ2v) is 7.77. The molecule has 1 aliphatic rings. The highest BCUT2D eigenvalue weighted by molar-refractivity contribution is 7.16. The molecule has 7 heteroatoms. The molecule has 1 aliphatic carbocycles. The third-order valence-electron chi connectivity index (χ3n) is 4.95.